The SMILES string of the molecule is CC(C)n1cnc(=O)c2cccnc21. The molecule has 0 amide bonds. The molecule has 0 aromatic carbocycles. The highest BCUT2D eigenvalue weighted by molar-refractivity contribution is 5.73. The first-order valence-corrected chi connectivity index (χ1v) is 4.52. The fourth-order valence-electron chi connectivity index (χ4n) is 1.39. The summed E-state index contributed by atoms with van der Waals surface area (Å²) in [5.74, 6) is 0. The Balaban J connectivity index is 2.89. The fraction of sp³-hybridized carbons (Fsp3) is 0.300. The number of aromatic nitrogens is 3. The Morgan fingerprint density at radius 1 is 1.36 bits per heavy atom. The van der Waals surface area contributed by atoms with Gasteiger partial charge in [0.1, 0.15) is 12.0 Å². The van der Waals surface area contributed by atoms with Gasteiger partial charge in [-0.2, -0.15) is 4.98 Å². The maximum absolute atomic E-state index is 11.4. The fourth-order valence-corrected chi connectivity index (χ4v) is 1.39. The van der Waals surface area contributed by atoms with E-state index in [4.69, 9.17) is 0 Å². The molecule has 0 aliphatic heterocycles. The summed E-state index contributed by atoms with van der Waals surface area (Å²) < 4.78 is 1.89. The molecule has 4 heteroatoms. The molecule has 0 saturated heterocycles. The summed E-state index contributed by atoms with van der Waals surface area (Å²) in [4.78, 5) is 19.4. The first kappa shape index (κ1) is 8.87. The van der Waals surface area contributed by atoms with Gasteiger partial charge in [0.15, 0.2) is 0 Å². The van der Waals surface area contributed by atoms with Crippen LogP contribution in [0.25, 0.3) is 11.0 Å². The Labute approximate surface area is 81.2 Å². The molecule has 0 aliphatic carbocycles. The van der Waals surface area contributed by atoms with E-state index in [0.717, 1.165) is 0 Å². The van der Waals surface area contributed by atoms with Gasteiger partial charge in [-0.05, 0) is 26.0 Å². The molecule has 0 N–H and O–H groups in total. The third kappa shape index (κ3) is 1.28. The van der Waals surface area contributed by atoms with Crippen LogP contribution in [0.2, 0.25) is 0 Å². The quantitative estimate of drug-likeness (QED) is 0.680. The molecule has 0 atom stereocenters. The molecule has 2 aromatic rings. The maximum Gasteiger partial charge on any atom is 0.282 e. The predicted molar refractivity (Wildman–Crippen MR) is 54.2 cm³/mol. The van der Waals surface area contributed by atoms with Gasteiger partial charge in [0.2, 0.25) is 0 Å². The summed E-state index contributed by atoms with van der Waals surface area (Å²) in [6.07, 6.45) is 3.23. The van der Waals surface area contributed by atoms with Crippen LogP contribution in [0.4, 0.5) is 0 Å². The number of hydrogen-bond acceptors (Lipinski definition) is 3. The normalized spacial score (nSPS) is 11.1. The molecular weight excluding hydrogens is 178 g/mol. The van der Waals surface area contributed by atoms with Gasteiger partial charge in [-0.15, -0.1) is 0 Å². The van der Waals surface area contributed by atoms with Crippen molar-refractivity contribution in [1.82, 2.24) is 14.5 Å². The van der Waals surface area contributed by atoms with Crippen molar-refractivity contribution in [3.8, 4) is 0 Å². The van der Waals surface area contributed by atoms with Crippen molar-refractivity contribution in [3.63, 3.8) is 0 Å². The standard InChI is InChI=1S/C10H11N3O/c1-7(2)13-6-12-10(14)8-4-3-5-11-9(8)13/h3-7H,1-2H3. The summed E-state index contributed by atoms with van der Waals surface area (Å²) in [6, 6.07) is 3.74. The van der Waals surface area contributed by atoms with Crippen molar-refractivity contribution in [2.75, 3.05) is 0 Å². The van der Waals surface area contributed by atoms with Crippen LogP contribution >= 0.6 is 0 Å². The third-order valence-corrected chi connectivity index (χ3v) is 2.12. The molecule has 72 valence electrons. The van der Waals surface area contributed by atoms with Crippen molar-refractivity contribution in [3.05, 3.63) is 35.0 Å². The molecular formula is C10H11N3O. The summed E-state index contributed by atoms with van der Waals surface area (Å²) in [7, 11) is 0. The Hall–Kier alpha value is -1.71. The highest BCUT2D eigenvalue weighted by Gasteiger charge is 2.05. The lowest BCUT2D eigenvalue weighted by atomic mass is 10.3. The average Bonchev–Trinajstić information content (AvgIpc) is 2.18. The van der Waals surface area contributed by atoms with E-state index in [1.807, 2.05) is 18.4 Å². The molecule has 2 rings (SSSR count). The van der Waals surface area contributed by atoms with Crippen molar-refractivity contribution >= 4 is 11.0 Å². The Kier molecular flexibility index (Phi) is 2.04. The van der Waals surface area contributed by atoms with E-state index < -0.39 is 0 Å². The van der Waals surface area contributed by atoms with Gasteiger partial charge in [-0.3, -0.25) is 4.79 Å². The monoisotopic (exact) mass is 189 g/mol. The minimum Gasteiger partial charge on any atom is -0.314 e. The van der Waals surface area contributed by atoms with Crippen LogP contribution < -0.4 is 5.56 Å². The molecule has 2 aromatic heterocycles. The van der Waals surface area contributed by atoms with Crippen LogP contribution in [0.1, 0.15) is 19.9 Å². The average molecular weight is 189 g/mol. The number of pyridine rings is 1. The van der Waals surface area contributed by atoms with Crippen molar-refractivity contribution in [2.45, 2.75) is 19.9 Å². The van der Waals surface area contributed by atoms with Gasteiger partial charge in [-0.25, -0.2) is 4.98 Å². The molecule has 0 aliphatic rings. The second kappa shape index (κ2) is 3.21. The van der Waals surface area contributed by atoms with Crippen LogP contribution in [-0.4, -0.2) is 14.5 Å². The van der Waals surface area contributed by atoms with E-state index >= 15 is 0 Å². The van der Waals surface area contributed by atoms with Gasteiger partial charge in [0, 0.05) is 12.2 Å². The molecule has 0 fully saturated rings. The topological polar surface area (TPSA) is 47.8 Å². The molecule has 0 unspecified atom stereocenters. The van der Waals surface area contributed by atoms with E-state index in [1.54, 1.807) is 24.7 Å². The Morgan fingerprint density at radius 2 is 2.14 bits per heavy atom. The number of nitrogens with zero attached hydrogens (tertiary/aromatic N) is 3. The summed E-state index contributed by atoms with van der Waals surface area (Å²) in [5, 5.41) is 0.573. The van der Waals surface area contributed by atoms with Crippen LogP contribution in [0.5, 0.6) is 0 Å². The van der Waals surface area contributed by atoms with Crippen molar-refractivity contribution < 1.29 is 0 Å². The van der Waals surface area contributed by atoms with E-state index in [2.05, 4.69) is 9.97 Å². The second-order valence-electron chi connectivity index (χ2n) is 3.43. The summed E-state index contributed by atoms with van der Waals surface area (Å²) >= 11 is 0. The lowest BCUT2D eigenvalue weighted by Gasteiger charge is -2.11. The van der Waals surface area contributed by atoms with E-state index in [-0.39, 0.29) is 11.6 Å². The first-order valence-electron chi connectivity index (χ1n) is 4.52. The van der Waals surface area contributed by atoms with E-state index in [9.17, 15) is 4.79 Å². The zero-order valence-electron chi connectivity index (χ0n) is 8.14. The van der Waals surface area contributed by atoms with Crippen LogP contribution in [0, 0.1) is 0 Å². The van der Waals surface area contributed by atoms with Crippen LogP contribution in [0.15, 0.2) is 29.5 Å². The Morgan fingerprint density at radius 3 is 2.86 bits per heavy atom. The third-order valence-electron chi connectivity index (χ3n) is 2.12. The highest BCUT2D eigenvalue weighted by atomic mass is 16.1. The summed E-state index contributed by atoms with van der Waals surface area (Å²) in [6.45, 7) is 4.06. The zero-order valence-corrected chi connectivity index (χ0v) is 8.14. The lowest BCUT2D eigenvalue weighted by molar-refractivity contribution is 0.601. The molecule has 14 heavy (non-hydrogen) atoms. The number of hydrogen-bond donors (Lipinski definition) is 0. The van der Waals surface area contributed by atoms with Gasteiger partial charge < -0.3 is 4.57 Å². The van der Waals surface area contributed by atoms with Gasteiger partial charge >= 0.3 is 0 Å². The van der Waals surface area contributed by atoms with Gasteiger partial charge in [-0.1, -0.05) is 0 Å². The minimum atomic E-state index is -0.218. The molecule has 4 nitrogen and oxygen atoms in total. The maximum atomic E-state index is 11.4. The largest absolute Gasteiger partial charge is 0.314 e. The molecule has 0 spiro atoms. The first-order chi connectivity index (χ1) is 6.70. The zero-order chi connectivity index (χ0) is 10.1. The van der Waals surface area contributed by atoms with Crippen LogP contribution in [-0.2, 0) is 0 Å². The smallest absolute Gasteiger partial charge is 0.282 e. The minimum absolute atomic E-state index is 0.218. The Bertz CT molecular complexity index is 516. The molecule has 2 heterocycles. The summed E-state index contributed by atoms with van der Waals surface area (Å²) in [5.41, 5.74) is 0.479. The molecule has 0 radical (unpaired) electrons. The lowest BCUT2D eigenvalue weighted by Crippen LogP contribution is -2.14. The number of fused-ring (bicyclic) bond motifs is 1. The van der Waals surface area contributed by atoms with Crippen molar-refractivity contribution in [1.29, 1.82) is 0 Å². The van der Waals surface area contributed by atoms with Gasteiger partial charge in [0.05, 0.1) is 5.39 Å². The number of rotatable bonds is 1. The second-order valence-corrected chi connectivity index (χ2v) is 3.43. The van der Waals surface area contributed by atoms with Gasteiger partial charge in [0.25, 0.3) is 5.56 Å². The van der Waals surface area contributed by atoms with E-state index in [0.29, 0.717) is 11.0 Å². The molecule has 0 bridgehead atoms. The van der Waals surface area contributed by atoms with Crippen molar-refractivity contribution in [2.24, 2.45) is 0 Å². The van der Waals surface area contributed by atoms with E-state index in [1.165, 1.54) is 0 Å². The molecule has 0 saturated carbocycles. The van der Waals surface area contributed by atoms with Crippen LogP contribution in [0.3, 0.4) is 0 Å². The predicted octanol–water partition coefficient (Wildman–Crippen LogP) is 1.37. The highest BCUT2D eigenvalue weighted by Crippen LogP contribution is 2.10.